The van der Waals surface area contributed by atoms with Crippen molar-refractivity contribution in [3.8, 4) is 0 Å². The summed E-state index contributed by atoms with van der Waals surface area (Å²) in [4.78, 5) is 37.4. The van der Waals surface area contributed by atoms with E-state index in [-0.39, 0.29) is 26.1 Å². The molecule has 0 heterocycles. The van der Waals surface area contributed by atoms with Crippen LogP contribution in [-0.2, 0) is 32.7 Å². The highest BCUT2D eigenvalue weighted by Crippen LogP contribution is 2.38. The van der Waals surface area contributed by atoms with Crippen LogP contribution in [0.1, 0.15) is 110 Å². The summed E-state index contributed by atoms with van der Waals surface area (Å²) in [5, 5.41) is 0. The lowest BCUT2D eigenvalue weighted by Crippen LogP contribution is -2.37. The van der Waals surface area contributed by atoms with Gasteiger partial charge < -0.3 is 27.9 Å². The maximum atomic E-state index is 12.6. The van der Waals surface area contributed by atoms with Crippen LogP contribution in [0.25, 0.3) is 0 Å². The monoisotopic (exact) mass is 812 g/mol. The number of phosphoric ester groups is 1. The number of hydrogen-bond acceptors (Lipinski definition) is 8. The summed E-state index contributed by atoms with van der Waals surface area (Å²) in [6.07, 6.45) is 52.4. The first kappa shape index (κ1) is 53.4. The quantitative estimate of drug-likeness (QED) is 0.0155. The third kappa shape index (κ3) is 41.9. The summed E-state index contributed by atoms with van der Waals surface area (Å²) in [7, 11) is 1.08. The molecule has 0 aromatic rings. The van der Waals surface area contributed by atoms with Gasteiger partial charge in [-0.2, -0.15) is 0 Å². The SMILES string of the molecule is CC/C=C/C=C/C=C/C=C/C=C/CCCC(=O)OC(COC(=O)CCCCCC/C=C/C/C=C/C/C=C/C/C=C/C/C=C/CC)COP(=O)([O-])OCC[N+](C)(C)C. The number of rotatable bonds is 35. The van der Waals surface area contributed by atoms with Crippen molar-refractivity contribution in [3.05, 3.63) is 122 Å². The van der Waals surface area contributed by atoms with Crippen molar-refractivity contribution < 1.29 is 42.1 Å². The zero-order valence-electron chi connectivity index (χ0n) is 35.7. The molecule has 320 valence electrons. The van der Waals surface area contributed by atoms with E-state index in [1.54, 1.807) is 0 Å². The third-order valence-electron chi connectivity index (χ3n) is 7.86. The summed E-state index contributed by atoms with van der Waals surface area (Å²) in [5.74, 6) is -0.967. The van der Waals surface area contributed by atoms with Crippen LogP contribution in [0, 0.1) is 0 Å². The Balaban J connectivity index is 4.54. The molecule has 2 unspecified atom stereocenters. The molecule has 0 aromatic carbocycles. The van der Waals surface area contributed by atoms with Crippen LogP contribution in [0.4, 0.5) is 0 Å². The van der Waals surface area contributed by atoms with Gasteiger partial charge in [-0.3, -0.25) is 14.2 Å². The van der Waals surface area contributed by atoms with Crippen LogP contribution in [-0.4, -0.2) is 70.0 Å². The molecule has 0 spiro atoms. The molecule has 0 saturated carbocycles. The summed E-state index contributed by atoms with van der Waals surface area (Å²) in [5.41, 5.74) is 0. The molecule has 0 saturated heterocycles. The van der Waals surface area contributed by atoms with Gasteiger partial charge in [0.25, 0.3) is 7.82 Å². The van der Waals surface area contributed by atoms with Crippen LogP contribution in [0.15, 0.2) is 122 Å². The number of ether oxygens (including phenoxy) is 2. The van der Waals surface area contributed by atoms with Gasteiger partial charge in [0.05, 0.1) is 27.7 Å². The van der Waals surface area contributed by atoms with Gasteiger partial charge in [0.2, 0.25) is 0 Å². The molecular formula is C47H74NO8P. The number of carbonyl (C=O) groups excluding carboxylic acids is 2. The average molecular weight is 812 g/mol. The lowest BCUT2D eigenvalue weighted by atomic mass is 10.1. The Morgan fingerprint density at radius 2 is 1.05 bits per heavy atom. The molecule has 10 heteroatoms. The molecule has 0 N–H and O–H groups in total. The molecule has 0 aliphatic carbocycles. The lowest BCUT2D eigenvalue weighted by molar-refractivity contribution is -0.870. The van der Waals surface area contributed by atoms with Crippen molar-refractivity contribution in [2.75, 3.05) is 47.5 Å². The number of hydrogen-bond donors (Lipinski definition) is 0. The predicted octanol–water partition coefficient (Wildman–Crippen LogP) is 11.1. The number of phosphoric acid groups is 1. The molecule has 0 rings (SSSR count). The minimum absolute atomic E-state index is 0.0568. The van der Waals surface area contributed by atoms with Gasteiger partial charge in [-0.05, 0) is 70.6 Å². The fourth-order valence-electron chi connectivity index (χ4n) is 4.65. The van der Waals surface area contributed by atoms with Crippen LogP contribution < -0.4 is 4.89 Å². The smallest absolute Gasteiger partial charge is 0.306 e. The zero-order valence-corrected chi connectivity index (χ0v) is 36.6. The topological polar surface area (TPSA) is 111 Å². The van der Waals surface area contributed by atoms with Gasteiger partial charge >= 0.3 is 11.9 Å². The van der Waals surface area contributed by atoms with E-state index in [2.05, 4.69) is 80.7 Å². The molecule has 0 amide bonds. The van der Waals surface area contributed by atoms with E-state index in [1.165, 1.54) is 0 Å². The minimum Gasteiger partial charge on any atom is -0.756 e. The maximum Gasteiger partial charge on any atom is 0.306 e. The first-order chi connectivity index (χ1) is 27.5. The first-order valence-electron chi connectivity index (χ1n) is 20.8. The molecule has 0 fully saturated rings. The molecule has 9 nitrogen and oxygen atoms in total. The number of esters is 2. The van der Waals surface area contributed by atoms with Crippen LogP contribution in [0.3, 0.4) is 0 Å². The van der Waals surface area contributed by atoms with Gasteiger partial charge in [-0.1, -0.05) is 148 Å². The fourth-order valence-corrected chi connectivity index (χ4v) is 5.38. The van der Waals surface area contributed by atoms with E-state index < -0.39 is 32.5 Å². The Morgan fingerprint density at radius 1 is 0.561 bits per heavy atom. The van der Waals surface area contributed by atoms with Gasteiger partial charge in [0.15, 0.2) is 6.10 Å². The minimum atomic E-state index is -4.66. The first-order valence-corrected chi connectivity index (χ1v) is 22.3. The second-order valence-corrected chi connectivity index (χ2v) is 15.8. The van der Waals surface area contributed by atoms with Crippen molar-refractivity contribution in [2.45, 2.75) is 116 Å². The third-order valence-corrected chi connectivity index (χ3v) is 8.82. The average Bonchev–Trinajstić information content (AvgIpc) is 3.16. The molecule has 0 aromatic heterocycles. The Hall–Kier alpha value is -3.59. The molecule has 2 atom stereocenters. The Morgan fingerprint density at radius 3 is 1.63 bits per heavy atom. The van der Waals surface area contributed by atoms with E-state index in [9.17, 15) is 19.0 Å². The predicted molar refractivity (Wildman–Crippen MR) is 235 cm³/mol. The zero-order chi connectivity index (χ0) is 42.1. The fraction of sp³-hybridized carbons (Fsp3) is 0.532. The second-order valence-electron chi connectivity index (χ2n) is 14.4. The van der Waals surface area contributed by atoms with E-state index in [4.69, 9.17) is 18.5 Å². The summed E-state index contributed by atoms with van der Waals surface area (Å²) in [6.45, 7) is 3.80. The number of allylic oxidation sites excluding steroid dienone is 20. The normalized spacial score (nSPS) is 14.8. The van der Waals surface area contributed by atoms with Crippen molar-refractivity contribution in [1.29, 1.82) is 0 Å². The van der Waals surface area contributed by atoms with Crippen LogP contribution in [0.2, 0.25) is 0 Å². The summed E-state index contributed by atoms with van der Waals surface area (Å²) < 4.78 is 33.7. The molecule has 0 bridgehead atoms. The van der Waals surface area contributed by atoms with Crippen molar-refractivity contribution in [1.82, 2.24) is 0 Å². The van der Waals surface area contributed by atoms with Gasteiger partial charge in [-0.15, -0.1) is 0 Å². The van der Waals surface area contributed by atoms with E-state index in [0.29, 0.717) is 30.3 Å². The van der Waals surface area contributed by atoms with Crippen LogP contribution in [0.5, 0.6) is 0 Å². The number of carbonyl (C=O) groups is 2. The number of nitrogens with zero attached hydrogens (tertiary/aromatic N) is 1. The van der Waals surface area contributed by atoms with E-state index in [0.717, 1.165) is 64.2 Å². The van der Waals surface area contributed by atoms with Crippen molar-refractivity contribution in [2.24, 2.45) is 0 Å². The molecule has 0 aliphatic rings. The Kier molecular flexibility index (Phi) is 35.6. The lowest BCUT2D eigenvalue weighted by Gasteiger charge is -2.28. The van der Waals surface area contributed by atoms with Gasteiger partial charge in [0.1, 0.15) is 19.8 Å². The maximum absolute atomic E-state index is 12.6. The number of unbranched alkanes of at least 4 members (excludes halogenated alkanes) is 5. The van der Waals surface area contributed by atoms with E-state index in [1.807, 2.05) is 75.8 Å². The number of likely N-dealkylation sites (N-methyl/N-ethyl adjacent to an activating group) is 1. The Labute approximate surface area is 346 Å². The standard InChI is InChI=1S/C47H74NO8P/c1-6-8-10-12-14-16-18-20-21-22-23-24-25-26-28-29-31-33-35-37-39-46(49)53-43-45(44-55-57(51,52)54-42-41-48(3,4)5)56-47(50)40-38-36-34-32-30-27-19-17-15-13-11-9-7-2/h8-11,13-17,19-21,23-24,26-28,30,32,34,45H,6-7,12,18,22,25,29,31,33,35-44H2,1-5H3/b10-8+,11-9+,15-13+,16-14+,19-17+,21-20+,24-23+,28-26+,30-27+,34-32+. The van der Waals surface area contributed by atoms with E-state index >= 15 is 0 Å². The molecular weight excluding hydrogens is 737 g/mol. The molecule has 57 heavy (non-hydrogen) atoms. The van der Waals surface area contributed by atoms with Crippen LogP contribution >= 0.6 is 7.82 Å². The van der Waals surface area contributed by atoms with Crippen molar-refractivity contribution >= 4 is 19.8 Å². The largest absolute Gasteiger partial charge is 0.756 e. The van der Waals surface area contributed by atoms with Gasteiger partial charge in [0, 0.05) is 12.8 Å². The molecule has 0 radical (unpaired) electrons. The summed E-state index contributed by atoms with van der Waals surface area (Å²) in [6, 6.07) is 0. The highest BCUT2D eigenvalue weighted by molar-refractivity contribution is 7.45. The Bertz CT molecular complexity index is 1380. The number of quaternary nitrogens is 1. The van der Waals surface area contributed by atoms with Gasteiger partial charge in [-0.25, -0.2) is 0 Å². The second kappa shape index (κ2) is 38.0. The summed E-state index contributed by atoms with van der Waals surface area (Å²) >= 11 is 0. The highest BCUT2D eigenvalue weighted by atomic mass is 31.2. The highest BCUT2D eigenvalue weighted by Gasteiger charge is 2.21. The van der Waals surface area contributed by atoms with Crippen molar-refractivity contribution in [3.63, 3.8) is 0 Å². The molecule has 0 aliphatic heterocycles.